The lowest BCUT2D eigenvalue weighted by atomic mass is 10.1. The number of carbonyl (C=O) groups excluding carboxylic acids is 1. The molecule has 0 aliphatic rings. The fourth-order valence-corrected chi connectivity index (χ4v) is 2.08. The van der Waals surface area contributed by atoms with Crippen LogP contribution in [0.15, 0.2) is 12.1 Å². The van der Waals surface area contributed by atoms with Gasteiger partial charge in [-0.25, -0.2) is 0 Å². The Morgan fingerprint density at radius 1 is 1.19 bits per heavy atom. The first kappa shape index (κ1) is 17.1. The predicted octanol–water partition coefficient (Wildman–Crippen LogP) is 1.57. The number of rotatable bonds is 8. The molecule has 1 atom stereocenters. The zero-order valence-corrected chi connectivity index (χ0v) is 13.1. The molecular weight excluding hydrogens is 272 g/mol. The number of amides is 1. The van der Waals surface area contributed by atoms with Gasteiger partial charge in [0.2, 0.25) is 5.75 Å². The van der Waals surface area contributed by atoms with E-state index in [0.29, 0.717) is 29.4 Å². The minimum atomic E-state index is -0.211. The van der Waals surface area contributed by atoms with Crippen LogP contribution in [0.2, 0.25) is 0 Å². The van der Waals surface area contributed by atoms with E-state index < -0.39 is 0 Å². The SMILES string of the molecule is COc1ccc(C(=O)NC(C)CCCN)c(OC)c1OC. The van der Waals surface area contributed by atoms with E-state index in [1.54, 1.807) is 12.1 Å². The Morgan fingerprint density at radius 2 is 1.86 bits per heavy atom. The molecule has 0 aliphatic carbocycles. The molecule has 3 N–H and O–H groups in total. The summed E-state index contributed by atoms with van der Waals surface area (Å²) < 4.78 is 15.8. The van der Waals surface area contributed by atoms with Gasteiger partial charge in [-0.05, 0) is 38.4 Å². The van der Waals surface area contributed by atoms with Crippen LogP contribution in [-0.4, -0.2) is 39.8 Å². The highest BCUT2D eigenvalue weighted by Crippen LogP contribution is 2.39. The summed E-state index contributed by atoms with van der Waals surface area (Å²) in [5.74, 6) is 1.07. The van der Waals surface area contributed by atoms with Gasteiger partial charge in [0.1, 0.15) is 0 Å². The zero-order chi connectivity index (χ0) is 15.8. The van der Waals surface area contributed by atoms with Crippen LogP contribution in [-0.2, 0) is 0 Å². The number of ether oxygens (including phenoxy) is 3. The second-order valence-electron chi connectivity index (χ2n) is 4.69. The fraction of sp³-hybridized carbons (Fsp3) is 0.533. The zero-order valence-electron chi connectivity index (χ0n) is 13.1. The third kappa shape index (κ3) is 4.26. The first-order valence-electron chi connectivity index (χ1n) is 6.88. The highest BCUT2D eigenvalue weighted by atomic mass is 16.5. The van der Waals surface area contributed by atoms with Crippen molar-refractivity contribution in [3.8, 4) is 17.2 Å². The standard InChI is InChI=1S/C15H24N2O4/c1-10(6-5-9-16)17-15(18)11-7-8-12(19-2)14(21-4)13(11)20-3/h7-8,10H,5-6,9,16H2,1-4H3,(H,17,18). The Labute approximate surface area is 125 Å². The first-order valence-corrected chi connectivity index (χ1v) is 6.88. The van der Waals surface area contributed by atoms with Gasteiger partial charge in [-0.15, -0.1) is 0 Å². The van der Waals surface area contributed by atoms with E-state index in [0.717, 1.165) is 12.8 Å². The van der Waals surface area contributed by atoms with Gasteiger partial charge in [0.25, 0.3) is 5.91 Å². The van der Waals surface area contributed by atoms with Gasteiger partial charge < -0.3 is 25.3 Å². The van der Waals surface area contributed by atoms with E-state index in [2.05, 4.69) is 5.32 Å². The largest absolute Gasteiger partial charge is 0.493 e. The summed E-state index contributed by atoms with van der Waals surface area (Å²) >= 11 is 0. The van der Waals surface area contributed by atoms with Crippen LogP contribution in [0.3, 0.4) is 0 Å². The lowest BCUT2D eigenvalue weighted by Crippen LogP contribution is -2.33. The van der Waals surface area contributed by atoms with Crippen molar-refractivity contribution in [3.63, 3.8) is 0 Å². The van der Waals surface area contributed by atoms with Crippen molar-refractivity contribution in [1.29, 1.82) is 0 Å². The molecule has 0 heterocycles. The summed E-state index contributed by atoms with van der Waals surface area (Å²) in [4.78, 5) is 12.3. The number of nitrogens with two attached hydrogens (primary N) is 1. The number of methoxy groups -OCH3 is 3. The monoisotopic (exact) mass is 296 g/mol. The Morgan fingerprint density at radius 3 is 2.38 bits per heavy atom. The molecule has 1 aromatic carbocycles. The van der Waals surface area contributed by atoms with Crippen LogP contribution in [0.4, 0.5) is 0 Å². The number of nitrogens with one attached hydrogen (secondary N) is 1. The predicted molar refractivity (Wildman–Crippen MR) is 81.3 cm³/mol. The maximum atomic E-state index is 12.3. The summed E-state index contributed by atoms with van der Waals surface area (Å²) in [6, 6.07) is 3.38. The first-order chi connectivity index (χ1) is 10.1. The van der Waals surface area contributed by atoms with Crippen molar-refractivity contribution >= 4 is 5.91 Å². The molecule has 0 bridgehead atoms. The number of carbonyl (C=O) groups is 1. The molecule has 0 fully saturated rings. The van der Waals surface area contributed by atoms with Crippen molar-refractivity contribution in [2.75, 3.05) is 27.9 Å². The molecule has 118 valence electrons. The van der Waals surface area contributed by atoms with Gasteiger partial charge in [-0.2, -0.15) is 0 Å². The molecule has 1 amide bonds. The molecular formula is C15H24N2O4. The molecule has 6 heteroatoms. The Hall–Kier alpha value is -1.95. The van der Waals surface area contributed by atoms with E-state index in [-0.39, 0.29) is 11.9 Å². The summed E-state index contributed by atoms with van der Waals surface area (Å²) in [5.41, 5.74) is 5.88. The van der Waals surface area contributed by atoms with Gasteiger partial charge in [0.05, 0.1) is 26.9 Å². The average molecular weight is 296 g/mol. The summed E-state index contributed by atoms with van der Waals surface area (Å²) in [5, 5.41) is 2.92. The highest BCUT2D eigenvalue weighted by molar-refractivity contribution is 5.98. The van der Waals surface area contributed by atoms with E-state index in [1.807, 2.05) is 6.92 Å². The summed E-state index contributed by atoms with van der Waals surface area (Å²) in [6.07, 6.45) is 1.70. The van der Waals surface area contributed by atoms with Gasteiger partial charge in [-0.1, -0.05) is 0 Å². The molecule has 0 saturated heterocycles. The molecule has 1 unspecified atom stereocenters. The second-order valence-corrected chi connectivity index (χ2v) is 4.69. The van der Waals surface area contributed by atoms with Gasteiger partial charge in [0.15, 0.2) is 11.5 Å². The minimum absolute atomic E-state index is 0.0406. The lowest BCUT2D eigenvalue weighted by molar-refractivity contribution is 0.0934. The maximum absolute atomic E-state index is 12.3. The maximum Gasteiger partial charge on any atom is 0.255 e. The van der Waals surface area contributed by atoms with Crippen LogP contribution in [0.25, 0.3) is 0 Å². The number of benzene rings is 1. The number of hydrogen-bond donors (Lipinski definition) is 2. The lowest BCUT2D eigenvalue weighted by Gasteiger charge is -2.17. The third-order valence-corrected chi connectivity index (χ3v) is 3.17. The van der Waals surface area contributed by atoms with E-state index in [4.69, 9.17) is 19.9 Å². The summed E-state index contributed by atoms with van der Waals surface area (Å²) in [6.45, 7) is 2.56. The highest BCUT2D eigenvalue weighted by Gasteiger charge is 2.21. The van der Waals surface area contributed by atoms with Crippen molar-refractivity contribution in [2.45, 2.75) is 25.8 Å². The summed E-state index contributed by atoms with van der Waals surface area (Å²) in [7, 11) is 4.53. The van der Waals surface area contributed by atoms with Crippen LogP contribution in [0.1, 0.15) is 30.1 Å². The van der Waals surface area contributed by atoms with Crippen molar-refractivity contribution in [3.05, 3.63) is 17.7 Å². The normalized spacial score (nSPS) is 11.7. The van der Waals surface area contributed by atoms with Gasteiger partial charge in [-0.3, -0.25) is 4.79 Å². The van der Waals surface area contributed by atoms with Crippen molar-refractivity contribution < 1.29 is 19.0 Å². The number of hydrogen-bond acceptors (Lipinski definition) is 5. The molecule has 0 radical (unpaired) electrons. The molecule has 21 heavy (non-hydrogen) atoms. The Bertz CT molecular complexity index is 477. The Balaban J connectivity index is 2.99. The molecule has 1 aromatic rings. The third-order valence-electron chi connectivity index (χ3n) is 3.17. The smallest absolute Gasteiger partial charge is 0.255 e. The molecule has 1 rings (SSSR count). The molecule has 0 saturated carbocycles. The molecule has 0 aromatic heterocycles. The van der Waals surface area contributed by atoms with Crippen LogP contribution < -0.4 is 25.3 Å². The van der Waals surface area contributed by atoms with E-state index in [9.17, 15) is 4.79 Å². The van der Waals surface area contributed by atoms with Crippen LogP contribution in [0, 0.1) is 0 Å². The minimum Gasteiger partial charge on any atom is -0.493 e. The quantitative estimate of drug-likeness (QED) is 0.761. The van der Waals surface area contributed by atoms with E-state index in [1.165, 1.54) is 21.3 Å². The molecule has 6 nitrogen and oxygen atoms in total. The van der Waals surface area contributed by atoms with Gasteiger partial charge in [0, 0.05) is 6.04 Å². The van der Waals surface area contributed by atoms with E-state index >= 15 is 0 Å². The van der Waals surface area contributed by atoms with Crippen molar-refractivity contribution in [1.82, 2.24) is 5.32 Å². The van der Waals surface area contributed by atoms with Crippen LogP contribution in [0.5, 0.6) is 17.2 Å². The topological polar surface area (TPSA) is 82.8 Å². The van der Waals surface area contributed by atoms with Crippen molar-refractivity contribution in [2.24, 2.45) is 5.73 Å². The fourth-order valence-electron chi connectivity index (χ4n) is 2.08. The average Bonchev–Trinajstić information content (AvgIpc) is 2.50. The second kappa shape index (κ2) is 8.36. The van der Waals surface area contributed by atoms with Gasteiger partial charge >= 0.3 is 0 Å². The van der Waals surface area contributed by atoms with Crippen LogP contribution >= 0.6 is 0 Å². The Kier molecular flexibility index (Phi) is 6.81. The molecule has 0 aliphatic heterocycles. The molecule has 0 spiro atoms.